The van der Waals surface area contributed by atoms with Gasteiger partial charge in [-0.25, -0.2) is 13.8 Å². The van der Waals surface area contributed by atoms with Crippen molar-refractivity contribution in [2.24, 2.45) is 7.05 Å². The Kier molecular flexibility index (Phi) is 4.56. The molecule has 6 nitrogen and oxygen atoms in total. The molecule has 0 saturated carbocycles. The molecule has 2 aromatic heterocycles. The molecule has 5 rings (SSSR count). The van der Waals surface area contributed by atoms with Crippen molar-refractivity contribution in [1.29, 1.82) is 0 Å². The lowest BCUT2D eigenvalue weighted by atomic mass is 9.97. The molecule has 154 valence electrons. The summed E-state index contributed by atoms with van der Waals surface area (Å²) in [6.45, 7) is -0.292. The highest BCUT2D eigenvalue weighted by Crippen LogP contribution is 2.34. The molecular formula is C23H16F2N4O2. The van der Waals surface area contributed by atoms with Crippen LogP contribution in [0.25, 0.3) is 45.1 Å². The summed E-state index contributed by atoms with van der Waals surface area (Å²) in [5.74, 6) is -0.194. The molecule has 0 saturated heterocycles. The first-order valence-corrected chi connectivity index (χ1v) is 9.48. The van der Waals surface area contributed by atoms with Gasteiger partial charge in [0, 0.05) is 18.2 Å². The minimum Gasteiger partial charge on any atom is -0.433 e. The quantitative estimate of drug-likeness (QED) is 0.457. The lowest BCUT2D eigenvalue weighted by Crippen LogP contribution is -1.95. The highest BCUT2D eigenvalue weighted by molar-refractivity contribution is 5.83. The monoisotopic (exact) mass is 418 g/mol. The molecule has 0 unspecified atom stereocenters. The number of aromatic nitrogens is 4. The fraction of sp³-hybridized carbons (Fsp3) is 0.0870. The van der Waals surface area contributed by atoms with Gasteiger partial charge in [-0.15, -0.1) is 10.2 Å². The van der Waals surface area contributed by atoms with E-state index in [9.17, 15) is 13.9 Å². The number of aliphatic hydroxyl groups excluding tert-OH is 1. The largest absolute Gasteiger partial charge is 0.433 e. The zero-order chi connectivity index (χ0) is 21.5. The number of aryl methyl sites for hydroxylation is 1. The molecule has 2 heterocycles. The van der Waals surface area contributed by atoms with Crippen LogP contribution in [0.3, 0.4) is 0 Å². The van der Waals surface area contributed by atoms with Crippen molar-refractivity contribution >= 4 is 11.1 Å². The molecule has 3 aromatic carbocycles. The number of benzene rings is 3. The van der Waals surface area contributed by atoms with Gasteiger partial charge in [-0.1, -0.05) is 18.2 Å². The number of halogens is 2. The van der Waals surface area contributed by atoms with Crippen molar-refractivity contribution in [1.82, 2.24) is 19.7 Å². The van der Waals surface area contributed by atoms with E-state index in [4.69, 9.17) is 4.42 Å². The normalized spacial score (nSPS) is 11.4. The van der Waals surface area contributed by atoms with E-state index in [1.807, 2.05) is 18.2 Å². The van der Waals surface area contributed by atoms with Crippen LogP contribution in [0.2, 0.25) is 0 Å². The Morgan fingerprint density at radius 2 is 1.84 bits per heavy atom. The first-order valence-electron chi connectivity index (χ1n) is 9.48. The average molecular weight is 418 g/mol. The van der Waals surface area contributed by atoms with Gasteiger partial charge in [0.15, 0.2) is 17.2 Å². The Balaban J connectivity index is 1.64. The van der Waals surface area contributed by atoms with Crippen LogP contribution >= 0.6 is 0 Å². The lowest BCUT2D eigenvalue weighted by Gasteiger charge is -2.10. The molecule has 0 amide bonds. The van der Waals surface area contributed by atoms with Crippen molar-refractivity contribution in [2.75, 3.05) is 0 Å². The van der Waals surface area contributed by atoms with E-state index in [1.165, 1.54) is 18.2 Å². The fourth-order valence-corrected chi connectivity index (χ4v) is 3.56. The Morgan fingerprint density at radius 3 is 2.61 bits per heavy atom. The summed E-state index contributed by atoms with van der Waals surface area (Å²) >= 11 is 0. The van der Waals surface area contributed by atoms with Crippen LogP contribution in [0.5, 0.6) is 0 Å². The maximum atomic E-state index is 14.3. The number of rotatable bonds is 4. The van der Waals surface area contributed by atoms with Gasteiger partial charge in [0.25, 0.3) is 0 Å². The highest BCUT2D eigenvalue weighted by atomic mass is 19.1. The number of aliphatic hydroxyl groups is 1. The number of fused-ring (bicyclic) bond motifs is 1. The predicted octanol–water partition coefficient (Wildman–Crippen LogP) is 4.73. The van der Waals surface area contributed by atoms with Gasteiger partial charge in [0.2, 0.25) is 5.89 Å². The molecule has 0 radical (unpaired) electrons. The second kappa shape index (κ2) is 7.41. The van der Waals surface area contributed by atoms with Gasteiger partial charge in [0.05, 0.1) is 6.61 Å². The fourth-order valence-electron chi connectivity index (χ4n) is 3.56. The maximum Gasteiger partial charge on any atom is 0.227 e. The number of hydrogen-bond acceptors (Lipinski definition) is 5. The van der Waals surface area contributed by atoms with Crippen LogP contribution in [-0.4, -0.2) is 24.9 Å². The predicted molar refractivity (Wildman–Crippen MR) is 111 cm³/mol. The number of oxazole rings is 1. The molecule has 0 aliphatic heterocycles. The third-order valence-corrected chi connectivity index (χ3v) is 5.04. The van der Waals surface area contributed by atoms with Gasteiger partial charge in [-0.05, 0) is 53.1 Å². The molecule has 8 heteroatoms. The van der Waals surface area contributed by atoms with E-state index >= 15 is 0 Å². The maximum absolute atomic E-state index is 14.3. The lowest BCUT2D eigenvalue weighted by molar-refractivity contribution is 0.281. The smallest absolute Gasteiger partial charge is 0.227 e. The second-order valence-electron chi connectivity index (χ2n) is 7.14. The Bertz CT molecular complexity index is 1420. The van der Waals surface area contributed by atoms with E-state index in [0.29, 0.717) is 28.0 Å². The first-order chi connectivity index (χ1) is 15.0. The van der Waals surface area contributed by atoms with Gasteiger partial charge in [-0.2, -0.15) is 0 Å². The minimum absolute atomic E-state index is 0.0270. The first kappa shape index (κ1) is 19.1. The van der Waals surface area contributed by atoms with Crippen LogP contribution in [-0.2, 0) is 13.7 Å². The van der Waals surface area contributed by atoms with Gasteiger partial charge < -0.3 is 14.1 Å². The standard InChI is InChI=1S/C23H16F2N4O2/c1-29-12-26-28-22(29)18-10-16(24)5-6-17(18)14-3-2-4-15(9-14)23-27-20-8-13(11-30)7-19(25)21(20)31-23/h2-10,12,30H,11H2,1H3. The summed E-state index contributed by atoms with van der Waals surface area (Å²) < 4.78 is 35.7. The molecule has 0 fully saturated rings. The van der Waals surface area contributed by atoms with Crippen LogP contribution in [0.15, 0.2) is 65.3 Å². The van der Waals surface area contributed by atoms with Crippen LogP contribution in [0.4, 0.5) is 8.78 Å². The topological polar surface area (TPSA) is 77.0 Å². The van der Waals surface area contributed by atoms with E-state index < -0.39 is 5.82 Å². The average Bonchev–Trinajstić information content (AvgIpc) is 3.40. The highest BCUT2D eigenvalue weighted by Gasteiger charge is 2.17. The van der Waals surface area contributed by atoms with Crippen molar-refractivity contribution in [2.45, 2.75) is 6.61 Å². The molecule has 0 bridgehead atoms. The van der Waals surface area contributed by atoms with Crippen molar-refractivity contribution in [3.05, 3.63) is 78.1 Å². The molecule has 0 aliphatic rings. The second-order valence-corrected chi connectivity index (χ2v) is 7.14. The van der Waals surface area contributed by atoms with Crippen molar-refractivity contribution in [3.63, 3.8) is 0 Å². The summed E-state index contributed by atoms with van der Waals surface area (Å²) in [6.07, 6.45) is 1.55. The summed E-state index contributed by atoms with van der Waals surface area (Å²) in [4.78, 5) is 4.38. The Hall–Kier alpha value is -3.91. The third-order valence-electron chi connectivity index (χ3n) is 5.04. The Labute approximate surface area is 175 Å². The molecular weight excluding hydrogens is 402 g/mol. The van der Waals surface area contributed by atoms with E-state index in [-0.39, 0.29) is 23.9 Å². The van der Waals surface area contributed by atoms with Crippen LogP contribution < -0.4 is 0 Å². The van der Waals surface area contributed by atoms with E-state index in [0.717, 1.165) is 11.1 Å². The summed E-state index contributed by atoms with van der Waals surface area (Å²) in [7, 11) is 1.79. The molecule has 0 aliphatic carbocycles. The zero-order valence-electron chi connectivity index (χ0n) is 16.4. The van der Waals surface area contributed by atoms with Crippen molar-refractivity contribution < 1.29 is 18.3 Å². The number of nitrogens with zero attached hydrogens (tertiary/aromatic N) is 4. The SMILES string of the molecule is Cn1cnnc1-c1cc(F)ccc1-c1cccc(-c2nc3cc(CO)cc(F)c3o2)c1. The van der Waals surface area contributed by atoms with E-state index in [1.54, 1.807) is 36.1 Å². The van der Waals surface area contributed by atoms with Crippen LogP contribution in [0.1, 0.15) is 5.56 Å². The zero-order valence-corrected chi connectivity index (χ0v) is 16.4. The molecule has 0 atom stereocenters. The summed E-state index contributed by atoms with van der Waals surface area (Å²) in [5, 5.41) is 17.3. The summed E-state index contributed by atoms with van der Waals surface area (Å²) in [6, 6.07) is 14.6. The summed E-state index contributed by atoms with van der Waals surface area (Å²) in [5.41, 5.74) is 3.53. The molecule has 5 aromatic rings. The van der Waals surface area contributed by atoms with Crippen molar-refractivity contribution in [3.8, 4) is 34.0 Å². The molecule has 1 N–H and O–H groups in total. The van der Waals surface area contributed by atoms with Gasteiger partial charge in [0.1, 0.15) is 17.7 Å². The molecule has 31 heavy (non-hydrogen) atoms. The molecule has 0 spiro atoms. The Morgan fingerprint density at radius 1 is 1.00 bits per heavy atom. The third kappa shape index (κ3) is 3.36. The van der Waals surface area contributed by atoms with E-state index in [2.05, 4.69) is 15.2 Å². The van der Waals surface area contributed by atoms with Crippen LogP contribution in [0, 0.1) is 11.6 Å². The van der Waals surface area contributed by atoms with Gasteiger partial charge >= 0.3 is 0 Å². The van der Waals surface area contributed by atoms with Gasteiger partial charge in [-0.3, -0.25) is 0 Å². The number of hydrogen-bond donors (Lipinski definition) is 1. The minimum atomic E-state index is -0.584.